The molecule has 0 radical (unpaired) electrons. The highest BCUT2D eigenvalue weighted by Crippen LogP contribution is 2.47. The van der Waals surface area contributed by atoms with E-state index in [1.54, 1.807) is 0 Å². The van der Waals surface area contributed by atoms with Crippen molar-refractivity contribution in [3.8, 4) is 0 Å². The summed E-state index contributed by atoms with van der Waals surface area (Å²) in [6.45, 7) is 49.8. The van der Waals surface area contributed by atoms with Crippen molar-refractivity contribution in [2.75, 3.05) is 6.61 Å². The van der Waals surface area contributed by atoms with E-state index in [0.717, 1.165) is 0 Å². The maximum absolute atomic E-state index is 12.7. The summed E-state index contributed by atoms with van der Waals surface area (Å²) in [7, 11) is -10.5. The molecule has 0 saturated carbocycles. The number of ether oxygens (including phenoxy) is 7. The largest absolute Gasteiger partial charge is 0.456 e. The van der Waals surface area contributed by atoms with Gasteiger partial charge in [0, 0.05) is 20.8 Å². The SMILES string of the molecule is CC(=O)N[C@@H]1[C@@H](OC(C)=O)[C@H](OC(C)=O)[C@@H](CO[C@@H]2O[C@@H](C)[C@@H](O[Si](C)(C)C(C)(C)C)[C@@H](O[C@@H]3O[C@@H](C)[C@@H](O[Si](C)(C)C(C)(C)C)[C@@H](O)[C@@H]3O[Si](C)(C)C(C)(C)C)[C@@H]2O[Si](C)(C)C(C)(C)C)O[C@H]1O. The Kier molecular flexibility index (Phi) is 20.1. The van der Waals surface area contributed by atoms with E-state index in [1.807, 2.05) is 13.8 Å². The van der Waals surface area contributed by atoms with Crippen LogP contribution >= 0.6 is 0 Å². The second kappa shape index (κ2) is 22.4. The Bertz CT molecular complexity index is 1740. The molecule has 15 atom stereocenters. The Hall–Kier alpha value is -1.16. The molecule has 3 aliphatic rings. The molecule has 3 aliphatic heterocycles. The average molecular weight is 1050 g/mol. The Morgan fingerprint density at radius 3 is 1.30 bits per heavy atom. The number of hydrogen-bond acceptors (Lipinski definition) is 16. The zero-order valence-corrected chi connectivity index (χ0v) is 51.0. The van der Waals surface area contributed by atoms with Gasteiger partial charge in [-0.1, -0.05) is 83.1 Å². The third kappa shape index (κ3) is 15.2. The highest BCUT2D eigenvalue weighted by atomic mass is 28.4. The van der Waals surface area contributed by atoms with E-state index in [0.29, 0.717) is 0 Å². The summed E-state index contributed by atoms with van der Waals surface area (Å²) in [6.07, 6.45) is -14.8. The number of carbonyl (C=O) groups is 3. The topological polar surface area (TPSA) is 205 Å². The number of aliphatic hydroxyl groups is 2. The fraction of sp³-hybridized carbons (Fsp3) is 0.938. The molecule has 69 heavy (non-hydrogen) atoms. The molecule has 0 aliphatic carbocycles. The summed E-state index contributed by atoms with van der Waals surface area (Å²) in [5.41, 5.74) is 0. The smallest absolute Gasteiger partial charge is 0.303 e. The molecule has 0 aromatic heterocycles. The van der Waals surface area contributed by atoms with Gasteiger partial charge < -0.3 is 66.4 Å². The summed E-state index contributed by atoms with van der Waals surface area (Å²) in [4.78, 5) is 37.4. The minimum absolute atomic E-state index is 0.154. The number of amides is 1. The number of carbonyl (C=O) groups excluding carboxylic acids is 3. The number of aliphatic hydroxyl groups excluding tert-OH is 2. The summed E-state index contributed by atoms with van der Waals surface area (Å²) < 4.78 is 74.1. The van der Waals surface area contributed by atoms with Gasteiger partial charge >= 0.3 is 11.9 Å². The van der Waals surface area contributed by atoms with E-state index in [2.05, 4.69) is 141 Å². The Morgan fingerprint density at radius 2 is 0.884 bits per heavy atom. The van der Waals surface area contributed by atoms with E-state index in [1.165, 1.54) is 20.8 Å². The minimum Gasteiger partial charge on any atom is -0.456 e. The molecular formula is C48H95NO16Si4. The third-order valence-corrected chi connectivity index (χ3v) is 33.7. The molecule has 21 heteroatoms. The fourth-order valence-electron chi connectivity index (χ4n) is 7.46. The predicted molar refractivity (Wildman–Crippen MR) is 273 cm³/mol. The molecule has 3 fully saturated rings. The van der Waals surface area contributed by atoms with E-state index < -0.39 is 143 Å². The van der Waals surface area contributed by atoms with Gasteiger partial charge in [0.05, 0.1) is 24.9 Å². The van der Waals surface area contributed by atoms with Crippen LogP contribution in [-0.4, -0.2) is 160 Å². The van der Waals surface area contributed by atoms with Crippen LogP contribution in [-0.2, 0) is 65.2 Å². The van der Waals surface area contributed by atoms with Crippen molar-refractivity contribution >= 4 is 51.1 Å². The van der Waals surface area contributed by atoms with E-state index in [4.69, 9.17) is 50.9 Å². The highest BCUT2D eigenvalue weighted by molar-refractivity contribution is 6.75. The molecule has 3 saturated heterocycles. The minimum atomic E-state index is -2.77. The van der Waals surface area contributed by atoms with Crippen LogP contribution < -0.4 is 5.32 Å². The molecule has 1 amide bonds. The lowest BCUT2D eigenvalue weighted by atomic mass is 9.96. The molecule has 0 aromatic carbocycles. The van der Waals surface area contributed by atoms with Crippen LogP contribution in [0.2, 0.25) is 72.5 Å². The van der Waals surface area contributed by atoms with Gasteiger partial charge in [0.15, 0.2) is 64.3 Å². The van der Waals surface area contributed by atoms with Crippen LogP contribution in [0.25, 0.3) is 0 Å². The Morgan fingerprint density at radius 1 is 0.507 bits per heavy atom. The van der Waals surface area contributed by atoms with Gasteiger partial charge in [-0.3, -0.25) is 14.4 Å². The van der Waals surface area contributed by atoms with Crippen LogP contribution in [0.1, 0.15) is 118 Å². The molecule has 3 rings (SSSR count). The van der Waals surface area contributed by atoms with Crippen molar-refractivity contribution in [2.45, 2.75) is 282 Å². The van der Waals surface area contributed by atoms with Crippen molar-refractivity contribution in [1.29, 1.82) is 0 Å². The number of hydrogen-bond donors (Lipinski definition) is 3. The lowest BCUT2D eigenvalue weighted by molar-refractivity contribution is -0.352. The summed E-state index contributed by atoms with van der Waals surface area (Å²) in [5, 5.41) is 25.6. The first-order chi connectivity index (χ1) is 30.9. The van der Waals surface area contributed by atoms with Gasteiger partial charge in [-0.05, 0) is 86.4 Å². The molecule has 3 heterocycles. The van der Waals surface area contributed by atoms with Crippen molar-refractivity contribution in [2.24, 2.45) is 0 Å². The van der Waals surface area contributed by atoms with Gasteiger partial charge in [0.2, 0.25) is 5.91 Å². The molecule has 0 unspecified atom stereocenters. The third-order valence-electron chi connectivity index (χ3n) is 15.8. The predicted octanol–water partition coefficient (Wildman–Crippen LogP) is 7.89. The average Bonchev–Trinajstić information content (AvgIpc) is 3.13. The van der Waals surface area contributed by atoms with Crippen molar-refractivity contribution < 1.29 is 75.5 Å². The lowest BCUT2D eigenvalue weighted by Crippen LogP contribution is -2.69. The van der Waals surface area contributed by atoms with Gasteiger partial charge in [0.1, 0.15) is 42.7 Å². The number of esters is 2. The molecule has 0 bridgehead atoms. The van der Waals surface area contributed by atoms with Crippen molar-refractivity contribution in [3.63, 3.8) is 0 Å². The second-order valence-electron chi connectivity index (χ2n) is 25.7. The number of rotatable bonds is 16. The maximum Gasteiger partial charge on any atom is 0.303 e. The van der Waals surface area contributed by atoms with Crippen LogP contribution in [0.5, 0.6) is 0 Å². The van der Waals surface area contributed by atoms with Crippen LogP contribution in [0, 0.1) is 0 Å². The van der Waals surface area contributed by atoms with Gasteiger partial charge in [-0.25, -0.2) is 0 Å². The van der Waals surface area contributed by atoms with Crippen molar-refractivity contribution in [1.82, 2.24) is 5.32 Å². The Labute approximate surface area is 419 Å². The maximum atomic E-state index is 12.7. The van der Waals surface area contributed by atoms with E-state index >= 15 is 0 Å². The van der Waals surface area contributed by atoms with Crippen LogP contribution in [0.4, 0.5) is 0 Å². The molecule has 3 N–H and O–H groups in total. The zero-order chi connectivity index (χ0) is 53.6. The van der Waals surface area contributed by atoms with Gasteiger partial charge in [-0.2, -0.15) is 0 Å². The first-order valence-corrected chi connectivity index (χ1v) is 36.4. The van der Waals surface area contributed by atoms with Gasteiger partial charge in [0.25, 0.3) is 0 Å². The van der Waals surface area contributed by atoms with Gasteiger partial charge in [-0.15, -0.1) is 0 Å². The zero-order valence-electron chi connectivity index (χ0n) is 47.0. The molecule has 17 nitrogen and oxygen atoms in total. The molecule has 0 aromatic rings. The lowest BCUT2D eigenvalue weighted by Gasteiger charge is -2.54. The second-order valence-corrected chi connectivity index (χ2v) is 44.7. The van der Waals surface area contributed by atoms with E-state index in [-0.39, 0.29) is 26.8 Å². The summed E-state index contributed by atoms with van der Waals surface area (Å²) >= 11 is 0. The molecule has 404 valence electrons. The highest BCUT2D eigenvalue weighted by Gasteiger charge is 2.59. The van der Waals surface area contributed by atoms with E-state index in [9.17, 15) is 24.6 Å². The van der Waals surface area contributed by atoms with Crippen LogP contribution in [0.3, 0.4) is 0 Å². The monoisotopic (exact) mass is 1050 g/mol. The van der Waals surface area contributed by atoms with Crippen LogP contribution in [0.15, 0.2) is 0 Å². The summed E-state index contributed by atoms with van der Waals surface area (Å²) in [6, 6.07) is -1.28. The first-order valence-electron chi connectivity index (χ1n) is 24.8. The van der Waals surface area contributed by atoms with Crippen molar-refractivity contribution in [3.05, 3.63) is 0 Å². The number of nitrogens with one attached hydrogen (secondary N) is 1. The fourth-order valence-corrected chi connectivity index (χ4v) is 12.8. The first kappa shape index (κ1) is 62.1. The normalized spacial score (nSPS) is 33.7. The molecule has 0 spiro atoms. The standard InChI is InChI=1S/C48H95NO16Si4/c1-27-35(62-66(18,19)45(6,7)8)34(53)39(64-68(22,23)47(12,13)14)44(57-27)61-40-36(63-67(20,21)46(9,10)11)28(2)56-43(41(40)65-69(24,25)48(15,16)17)55-26-32-37(58-30(4)51)38(59-31(5)52)33(42(54)60-32)49-29(3)50/h27-28,32-44,53-54H,26H2,1-25H3,(H,49,50)/t27-,28-,32+,33+,34+,35+,36+,37+,38+,39-,40+,41-,42+,43+,44-/m0/s1. The quantitative estimate of drug-likeness (QED) is 0.0993. The summed E-state index contributed by atoms with van der Waals surface area (Å²) in [5.74, 6) is -1.99. The molecular weight excluding hydrogens is 959 g/mol. The Balaban J connectivity index is 2.30.